The number of unbranched alkanes of at least 4 members (excludes halogenated alkanes) is 2. The number of nitrogens with one attached hydrogen (secondary N) is 3. The monoisotopic (exact) mass is 1080 g/mol. The van der Waals surface area contributed by atoms with E-state index >= 15 is 0 Å². The summed E-state index contributed by atoms with van der Waals surface area (Å²) in [4.78, 5) is 82.3. The smallest absolute Gasteiger partial charge is 0.317 e. The van der Waals surface area contributed by atoms with Gasteiger partial charge in [-0.3, -0.25) is 23.9 Å². The number of piperidine rings is 1. The predicted molar refractivity (Wildman–Crippen MR) is 292 cm³/mol. The van der Waals surface area contributed by atoms with Gasteiger partial charge in [-0.2, -0.15) is 5.10 Å². The van der Waals surface area contributed by atoms with Crippen LogP contribution in [0, 0.1) is 12.3 Å². The van der Waals surface area contributed by atoms with Gasteiger partial charge in [-0.25, -0.2) is 18.6 Å². The number of aliphatic hydroxyl groups is 1. The number of nitrogens with zero attached hydrogens (tertiary/aromatic N) is 8. The van der Waals surface area contributed by atoms with Crippen LogP contribution in [-0.2, 0) is 45.1 Å². The van der Waals surface area contributed by atoms with Crippen molar-refractivity contribution in [3.8, 4) is 10.4 Å². The number of fused-ring (bicyclic) bond motifs is 2. The first kappa shape index (κ1) is 55.3. The number of likely N-dealkylation sites (tertiary alicyclic amines) is 2. The molecule has 5 aliphatic rings. The SMILES string of the molecule is CNC(=O)N1CCc2c(c(N3CCCc4cc(C5=CN(C)CC5)c(C(F)F)cc43)nn2C2CCN(C(=O)CCCCCC(=O)N[C@H](C(=O)N3C[C@H](O)C[C@H]3C(=O)NCc3ccc(-c4scnc4C)cc3)C(C)(C)C)CC2)C1. The number of rotatable bonds is 16. The number of aryl methyl sites for hydroxylation is 2. The number of anilines is 2. The minimum Gasteiger partial charge on any atom is -0.391 e. The number of aliphatic hydroxyl groups excluding tert-OH is 1. The first-order valence-corrected chi connectivity index (χ1v) is 28.3. The molecule has 9 rings (SSSR count). The highest BCUT2D eigenvalue weighted by Gasteiger charge is 2.45. The zero-order valence-corrected chi connectivity index (χ0v) is 46.2. The van der Waals surface area contributed by atoms with Crippen LogP contribution < -0.4 is 20.9 Å². The molecule has 0 spiro atoms. The summed E-state index contributed by atoms with van der Waals surface area (Å²) in [5.74, 6) is -0.322. The van der Waals surface area contributed by atoms with Crippen molar-refractivity contribution in [2.45, 2.75) is 148 Å². The van der Waals surface area contributed by atoms with Gasteiger partial charge in [0.2, 0.25) is 23.6 Å². The van der Waals surface area contributed by atoms with E-state index in [2.05, 4.69) is 30.5 Å². The van der Waals surface area contributed by atoms with E-state index in [0.29, 0.717) is 95.5 Å². The number of carbonyl (C=O) groups is 5. The fraction of sp³-hybridized carbons (Fsp3) is 0.561. The van der Waals surface area contributed by atoms with Crippen LogP contribution in [0.1, 0.15) is 137 Å². The topological polar surface area (TPSA) is 189 Å². The molecule has 17 nitrogen and oxygen atoms in total. The number of urea groups is 1. The van der Waals surface area contributed by atoms with Crippen molar-refractivity contribution in [1.29, 1.82) is 0 Å². The van der Waals surface area contributed by atoms with Gasteiger partial charge in [0.25, 0.3) is 6.43 Å². The summed E-state index contributed by atoms with van der Waals surface area (Å²) in [6.07, 6.45) is 5.10. The van der Waals surface area contributed by atoms with Gasteiger partial charge >= 0.3 is 6.03 Å². The normalized spacial score (nSPS) is 19.3. The van der Waals surface area contributed by atoms with E-state index in [0.717, 1.165) is 69.2 Å². The largest absolute Gasteiger partial charge is 0.391 e. The van der Waals surface area contributed by atoms with Crippen LogP contribution in [0.4, 0.5) is 25.1 Å². The maximum atomic E-state index is 14.8. The summed E-state index contributed by atoms with van der Waals surface area (Å²) in [5, 5.41) is 24.6. The molecule has 2 saturated heterocycles. The summed E-state index contributed by atoms with van der Waals surface area (Å²) in [7, 11) is 3.57. The fourth-order valence-electron chi connectivity index (χ4n) is 11.8. The summed E-state index contributed by atoms with van der Waals surface area (Å²) in [6, 6.07) is 9.51. The van der Waals surface area contributed by atoms with Crippen molar-refractivity contribution >= 4 is 58.1 Å². The standard InChI is InChI=1S/C57H75F2N11O6S/c1-35-50(77-34-62-35)37-16-14-36(15-17-37)30-61-54(74)47-28-41(71)32-69(47)55(75)51(57(2,3)4)63-48(72)12-8-7-9-13-49(73)66-24-19-40(20-25-66)70-45-21-26-67(56(76)60-5)33-44(45)53(64-70)68-22-10-11-38-27-42(39-18-23-65(6)31-39)43(52(58)59)29-46(38)68/h14-17,27,29,31,34,40-41,47,51-52,71H,7-13,18-26,28,30,32-33H2,1-6H3,(H,60,76)(H,61,74)(H,63,72)/t41-,47+,51-/m1/s1. The molecule has 2 aromatic carbocycles. The van der Waals surface area contributed by atoms with Crippen molar-refractivity contribution in [1.82, 2.24) is 50.3 Å². The molecule has 0 bridgehead atoms. The molecule has 6 amide bonds. The van der Waals surface area contributed by atoms with E-state index in [-0.39, 0.29) is 61.3 Å². The van der Waals surface area contributed by atoms with Gasteiger partial charge in [-0.05, 0) is 97.2 Å². The van der Waals surface area contributed by atoms with E-state index in [1.807, 2.05) is 86.6 Å². The number of hydrogen-bond donors (Lipinski definition) is 4. The van der Waals surface area contributed by atoms with Crippen LogP contribution in [0.25, 0.3) is 16.0 Å². The van der Waals surface area contributed by atoms with Crippen molar-refractivity contribution in [2.75, 3.05) is 58.3 Å². The fourth-order valence-corrected chi connectivity index (χ4v) is 12.6. The van der Waals surface area contributed by atoms with Crippen molar-refractivity contribution in [3.63, 3.8) is 0 Å². The molecular formula is C57H75F2N11O6S. The summed E-state index contributed by atoms with van der Waals surface area (Å²) < 4.78 is 31.8. The molecule has 4 aromatic rings. The first-order chi connectivity index (χ1) is 36.9. The van der Waals surface area contributed by atoms with Crippen molar-refractivity contribution < 1.29 is 37.9 Å². The number of benzene rings is 2. The minimum absolute atomic E-state index is 0.0111. The molecule has 414 valence electrons. The molecule has 4 N–H and O–H groups in total. The van der Waals surface area contributed by atoms with E-state index in [9.17, 15) is 37.9 Å². The zero-order chi connectivity index (χ0) is 54.7. The van der Waals surface area contributed by atoms with Gasteiger partial charge < -0.3 is 45.6 Å². The second-order valence-corrected chi connectivity index (χ2v) is 23.4. The Morgan fingerprint density at radius 2 is 1.68 bits per heavy atom. The third-order valence-electron chi connectivity index (χ3n) is 16.1. The number of carbonyl (C=O) groups excluding carboxylic acids is 5. The number of thiazole rings is 1. The minimum atomic E-state index is -2.65. The number of halogens is 2. The van der Waals surface area contributed by atoms with Gasteiger partial charge in [-0.1, -0.05) is 51.5 Å². The molecule has 2 fully saturated rings. The van der Waals surface area contributed by atoms with Crippen LogP contribution in [0.5, 0.6) is 0 Å². The average Bonchev–Trinajstić information content (AvgIpc) is 4.27. The maximum absolute atomic E-state index is 14.8. The zero-order valence-electron chi connectivity index (χ0n) is 45.4. The van der Waals surface area contributed by atoms with Crippen LogP contribution >= 0.6 is 11.3 Å². The summed E-state index contributed by atoms with van der Waals surface area (Å²) in [6.45, 7) is 11.2. The molecule has 0 aliphatic carbocycles. The summed E-state index contributed by atoms with van der Waals surface area (Å²) >= 11 is 1.57. The summed E-state index contributed by atoms with van der Waals surface area (Å²) in [5.41, 5.74) is 9.31. The molecule has 2 aromatic heterocycles. The Morgan fingerprint density at radius 3 is 2.35 bits per heavy atom. The van der Waals surface area contributed by atoms with Gasteiger partial charge in [0.1, 0.15) is 12.1 Å². The Labute approximate surface area is 454 Å². The molecular weight excluding hydrogens is 1000 g/mol. The first-order valence-electron chi connectivity index (χ1n) is 27.4. The number of amides is 6. The lowest BCUT2D eigenvalue weighted by atomic mass is 9.85. The molecule has 0 unspecified atom stereocenters. The number of β-amino-alcohol motifs (C(OH)–C–C–N with tert-alkyl or cyclic N) is 1. The lowest BCUT2D eigenvalue weighted by molar-refractivity contribution is -0.144. The molecule has 20 heteroatoms. The quantitative estimate of drug-likeness (QED) is 0.0813. The maximum Gasteiger partial charge on any atom is 0.317 e. The van der Waals surface area contributed by atoms with Crippen LogP contribution in [0.15, 0.2) is 48.1 Å². The molecule has 5 aliphatic heterocycles. The Balaban J connectivity index is 0.766. The highest BCUT2D eigenvalue weighted by atomic mass is 32.1. The second kappa shape index (κ2) is 23.7. The second-order valence-electron chi connectivity index (χ2n) is 22.5. The van der Waals surface area contributed by atoms with Crippen molar-refractivity contribution in [3.05, 3.63) is 87.3 Å². The van der Waals surface area contributed by atoms with Crippen molar-refractivity contribution in [2.24, 2.45) is 5.41 Å². The van der Waals surface area contributed by atoms with Gasteiger partial charge in [0, 0.05) is 114 Å². The lowest BCUT2D eigenvalue weighted by Crippen LogP contribution is -2.57. The molecule has 7 heterocycles. The number of hydrogen-bond acceptors (Lipinski definition) is 11. The predicted octanol–water partition coefficient (Wildman–Crippen LogP) is 7.63. The Bertz CT molecular complexity index is 2850. The van der Waals surface area contributed by atoms with E-state index in [1.165, 1.54) is 4.90 Å². The highest BCUT2D eigenvalue weighted by Crippen LogP contribution is 2.44. The lowest BCUT2D eigenvalue weighted by Gasteiger charge is -2.35. The van der Waals surface area contributed by atoms with E-state index in [1.54, 1.807) is 29.4 Å². The molecule has 77 heavy (non-hydrogen) atoms. The van der Waals surface area contributed by atoms with Crippen LogP contribution in [-0.4, -0.2) is 141 Å². The Hall–Kier alpha value is -6.41. The molecule has 3 atom stereocenters. The van der Waals surface area contributed by atoms with E-state index in [4.69, 9.17) is 5.10 Å². The van der Waals surface area contributed by atoms with E-state index < -0.39 is 35.9 Å². The van der Waals surface area contributed by atoms with Gasteiger partial charge in [0.05, 0.1) is 34.8 Å². The molecule has 0 saturated carbocycles. The average molecular weight is 1080 g/mol. The number of alkyl halides is 2. The molecule has 0 radical (unpaired) electrons. The Morgan fingerprint density at radius 1 is 0.922 bits per heavy atom. The third-order valence-corrected chi connectivity index (χ3v) is 17.0. The highest BCUT2D eigenvalue weighted by molar-refractivity contribution is 7.13. The van der Waals surface area contributed by atoms with Crippen LogP contribution in [0.2, 0.25) is 0 Å². The van der Waals surface area contributed by atoms with Gasteiger partial charge in [0.15, 0.2) is 5.82 Å². The number of aromatic nitrogens is 3. The Kier molecular flexibility index (Phi) is 17.0. The third kappa shape index (κ3) is 12.3. The van der Waals surface area contributed by atoms with Crippen LogP contribution in [0.3, 0.4) is 0 Å². The van der Waals surface area contributed by atoms with Gasteiger partial charge in [-0.15, -0.1) is 11.3 Å².